The minimum atomic E-state index is -0.842. The number of nitrogens with zero attached hydrogens (tertiary/aromatic N) is 2. The number of anilines is 2. The molecule has 3 aliphatic rings. The van der Waals surface area contributed by atoms with Gasteiger partial charge in [-0.15, -0.1) is 0 Å². The number of hydrogen-bond acceptors (Lipinski definition) is 6. The average Bonchev–Trinajstić information content (AvgIpc) is 3.68. The Hall–Kier alpha value is -4.18. The third-order valence-electron chi connectivity index (χ3n) is 9.00. The van der Waals surface area contributed by atoms with Crippen molar-refractivity contribution in [2.45, 2.75) is 83.1 Å². The minimum Gasteiger partial charge on any atom is -0.453 e. The van der Waals surface area contributed by atoms with Crippen molar-refractivity contribution in [1.29, 1.82) is 0 Å². The Morgan fingerprint density at radius 2 is 1.78 bits per heavy atom. The molecule has 240 valence electrons. The lowest BCUT2D eigenvalue weighted by molar-refractivity contribution is -0.140. The summed E-state index contributed by atoms with van der Waals surface area (Å²) in [4.78, 5) is 42.8. The fraction of sp³-hybridized carbons (Fsp3) is 0.457. The van der Waals surface area contributed by atoms with E-state index in [-0.39, 0.29) is 35.8 Å². The highest BCUT2D eigenvalue weighted by molar-refractivity contribution is 5.98. The van der Waals surface area contributed by atoms with E-state index in [1.807, 2.05) is 57.2 Å². The maximum absolute atomic E-state index is 14.4. The highest BCUT2D eigenvalue weighted by Gasteiger charge is 2.42. The zero-order valence-corrected chi connectivity index (χ0v) is 26.5. The molecule has 3 amide bonds. The lowest BCUT2D eigenvalue weighted by Gasteiger charge is -2.35. The van der Waals surface area contributed by atoms with Gasteiger partial charge in [0.25, 0.3) is 0 Å². The molecule has 1 unspecified atom stereocenters. The number of nitrogens with two attached hydrogens (primary N) is 1. The van der Waals surface area contributed by atoms with Crippen molar-refractivity contribution >= 4 is 29.3 Å². The lowest BCUT2D eigenvalue weighted by Crippen LogP contribution is -2.57. The molecule has 2 aromatic rings. The van der Waals surface area contributed by atoms with Crippen molar-refractivity contribution in [3.05, 3.63) is 83.7 Å². The van der Waals surface area contributed by atoms with Crippen LogP contribution in [0.15, 0.2) is 72.3 Å². The molecule has 9 nitrogen and oxygen atoms in total. The standard InChI is InChI=1S/C35H44FN5O4/c1-35(2,3)31(39-34(44)45-4)33(43)40-20-6-9-30(40)32(42)38-26-16-12-23(13-17-26)29-19-18-28(22-10-14-25(37)15-11-22)41(29)27-8-5-7-24(36)21-27/h5,7-8,10-14,16-17,21,25,28-31H,6,9,15,18-20,37H2,1-4H3,(H,38,42)(H,39,44)/t25?,28-,29-,30-,31+/m0/s1. The van der Waals surface area contributed by atoms with Gasteiger partial charge in [-0.05, 0) is 79.0 Å². The van der Waals surface area contributed by atoms with E-state index in [2.05, 4.69) is 27.7 Å². The van der Waals surface area contributed by atoms with E-state index in [1.54, 1.807) is 17.0 Å². The second-order valence-corrected chi connectivity index (χ2v) is 13.2. The van der Waals surface area contributed by atoms with Gasteiger partial charge in [-0.2, -0.15) is 0 Å². The molecule has 0 spiro atoms. The Morgan fingerprint density at radius 3 is 2.42 bits per heavy atom. The van der Waals surface area contributed by atoms with Gasteiger partial charge in [0, 0.05) is 24.0 Å². The van der Waals surface area contributed by atoms with Crippen molar-refractivity contribution < 1.29 is 23.5 Å². The smallest absolute Gasteiger partial charge is 0.407 e. The van der Waals surface area contributed by atoms with E-state index in [0.29, 0.717) is 25.1 Å². The van der Waals surface area contributed by atoms with Crippen LogP contribution in [-0.2, 0) is 14.3 Å². The number of hydrogen-bond donors (Lipinski definition) is 3. The highest BCUT2D eigenvalue weighted by Crippen LogP contribution is 2.43. The fourth-order valence-electron chi connectivity index (χ4n) is 6.67. The van der Waals surface area contributed by atoms with Crippen LogP contribution in [0.4, 0.5) is 20.6 Å². The molecule has 4 N–H and O–H groups in total. The summed E-state index contributed by atoms with van der Waals surface area (Å²) in [6, 6.07) is 13.1. The van der Waals surface area contributed by atoms with Crippen LogP contribution >= 0.6 is 0 Å². The van der Waals surface area contributed by atoms with Crippen molar-refractivity contribution in [2.24, 2.45) is 11.1 Å². The predicted molar refractivity (Wildman–Crippen MR) is 173 cm³/mol. The molecule has 2 fully saturated rings. The molecule has 0 bridgehead atoms. The molecule has 0 radical (unpaired) electrons. The summed E-state index contributed by atoms with van der Waals surface area (Å²) in [7, 11) is 1.25. The monoisotopic (exact) mass is 617 g/mol. The first-order chi connectivity index (χ1) is 21.5. The first-order valence-corrected chi connectivity index (χ1v) is 15.7. The average molecular weight is 618 g/mol. The van der Waals surface area contributed by atoms with Crippen LogP contribution in [0.1, 0.15) is 64.5 Å². The van der Waals surface area contributed by atoms with E-state index < -0.39 is 23.6 Å². The molecule has 5 atom stereocenters. The number of carbonyl (C=O) groups is 3. The molecule has 2 saturated heterocycles. The topological polar surface area (TPSA) is 117 Å². The molecule has 10 heteroatoms. The molecule has 5 rings (SSSR count). The van der Waals surface area contributed by atoms with Crippen molar-refractivity contribution in [3.63, 3.8) is 0 Å². The number of ether oxygens (including phenoxy) is 1. The molecule has 1 aliphatic carbocycles. The van der Waals surface area contributed by atoms with Crippen LogP contribution < -0.4 is 21.3 Å². The second kappa shape index (κ2) is 13.4. The minimum absolute atomic E-state index is 0.0159. The van der Waals surface area contributed by atoms with Gasteiger partial charge in [0.05, 0.1) is 19.2 Å². The van der Waals surface area contributed by atoms with Crippen LogP contribution in [0, 0.1) is 11.2 Å². The maximum Gasteiger partial charge on any atom is 0.407 e. The van der Waals surface area contributed by atoms with E-state index in [0.717, 1.165) is 30.5 Å². The van der Waals surface area contributed by atoms with E-state index in [1.165, 1.54) is 18.7 Å². The number of rotatable bonds is 7. The summed E-state index contributed by atoms with van der Waals surface area (Å²) in [5.74, 6) is -0.852. The third-order valence-corrected chi connectivity index (χ3v) is 9.00. The Bertz CT molecular complexity index is 1470. The van der Waals surface area contributed by atoms with Crippen molar-refractivity contribution in [3.8, 4) is 0 Å². The van der Waals surface area contributed by atoms with Crippen LogP contribution in [0.5, 0.6) is 0 Å². The number of benzene rings is 2. The first kappa shape index (κ1) is 32.2. The number of alkyl carbamates (subject to hydrolysis) is 1. The third kappa shape index (κ3) is 7.22. The van der Waals surface area contributed by atoms with Gasteiger partial charge in [-0.1, -0.05) is 57.2 Å². The molecule has 45 heavy (non-hydrogen) atoms. The zero-order chi connectivity index (χ0) is 32.3. The molecule has 2 aromatic carbocycles. The normalized spacial score (nSPS) is 23.8. The molecule has 0 saturated carbocycles. The summed E-state index contributed by atoms with van der Waals surface area (Å²) >= 11 is 0. The van der Waals surface area contributed by atoms with Crippen molar-refractivity contribution in [1.82, 2.24) is 10.2 Å². The molecular weight excluding hydrogens is 573 g/mol. The van der Waals surface area contributed by atoms with Crippen LogP contribution in [0.2, 0.25) is 0 Å². The Morgan fingerprint density at radius 1 is 1.04 bits per heavy atom. The van der Waals surface area contributed by atoms with E-state index >= 15 is 0 Å². The van der Waals surface area contributed by atoms with Crippen LogP contribution in [0.3, 0.4) is 0 Å². The van der Waals surface area contributed by atoms with Gasteiger partial charge >= 0.3 is 6.09 Å². The van der Waals surface area contributed by atoms with Gasteiger partial charge in [0.2, 0.25) is 11.8 Å². The predicted octanol–water partition coefficient (Wildman–Crippen LogP) is 5.45. The summed E-state index contributed by atoms with van der Waals surface area (Å²) in [6.45, 7) is 6.01. The van der Waals surface area contributed by atoms with Gasteiger partial charge in [0.1, 0.15) is 17.9 Å². The van der Waals surface area contributed by atoms with Crippen molar-refractivity contribution in [2.75, 3.05) is 23.9 Å². The Balaban J connectivity index is 1.31. The molecule has 2 heterocycles. The van der Waals surface area contributed by atoms with Gasteiger partial charge in [-0.3, -0.25) is 9.59 Å². The summed E-state index contributed by atoms with van der Waals surface area (Å²) < 4.78 is 19.1. The zero-order valence-electron chi connectivity index (χ0n) is 26.5. The molecule has 2 aliphatic heterocycles. The number of carbonyl (C=O) groups excluding carboxylic acids is 3. The van der Waals surface area contributed by atoms with Gasteiger partial charge in [-0.25, -0.2) is 9.18 Å². The van der Waals surface area contributed by atoms with E-state index in [4.69, 9.17) is 10.5 Å². The molecule has 0 aromatic heterocycles. The number of likely N-dealkylation sites (tertiary alicyclic amines) is 1. The lowest BCUT2D eigenvalue weighted by atomic mass is 9.85. The summed E-state index contributed by atoms with van der Waals surface area (Å²) in [5.41, 5.74) is 9.21. The Kier molecular flexibility index (Phi) is 9.62. The highest BCUT2D eigenvalue weighted by atomic mass is 19.1. The maximum atomic E-state index is 14.4. The number of methoxy groups -OCH3 is 1. The van der Waals surface area contributed by atoms with E-state index in [9.17, 15) is 18.8 Å². The largest absolute Gasteiger partial charge is 0.453 e. The number of halogens is 1. The SMILES string of the molecule is COC(=O)N[C@H](C(=O)N1CCC[C@H]1C(=O)Nc1ccc([C@@H]2CC[C@@H](C3=CCC(N)C=C3)N2c2cccc(F)c2)cc1)C(C)(C)C. The number of amides is 3. The Labute approximate surface area is 264 Å². The summed E-state index contributed by atoms with van der Waals surface area (Å²) in [6.07, 6.45) is 9.43. The number of nitrogens with one attached hydrogen (secondary N) is 2. The first-order valence-electron chi connectivity index (χ1n) is 15.7. The second-order valence-electron chi connectivity index (χ2n) is 13.2. The van der Waals surface area contributed by atoms with Crippen LogP contribution in [0.25, 0.3) is 0 Å². The fourth-order valence-corrected chi connectivity index (χ4v) is 6.67. The van der Waals surface area contributed by atoms with Gasteiger partial charge in [0.15, 0.2) is 0 Å². The quantitative estimate of drug-likeness (QED) is 0.381. The van der Waals surface area contributed by atoms with Gasteiger partial charge < -0.3 is 30.9 Å². The summed E-state index contributed by atoms with van der Waals surface area (Å²) in [5, 5.41) is 5.64. The van der Waals surface area contributed by atoms with Crippen LogP contribution in [-0.4, -0.2) is 60.6 Å². The molecular formula is C35H44FN5O4.